The average Bonchev–Trinajstić information content (AvgIpc) is 2.46. The Labute approximate surface area is 120 Å². The fourth-order valence-corrected chi connectivity index (χ4v) is 1.98. The molecule has 0 saturated carbocycles. The van der Waals surface area contributed by atoms with Gasteiger partial charge in [-0.3, -0.25) is 0 Å². The highest BCUT2D eigenvalue weighted by Crippen LogP contribution is 2.20. The molecule has 0 amide bonds. The van der Waals surface area contributed by atoms with Gasteiger partial charge in [-0.2, -0.15) is 15.0 Å². The molecule has 0 aliphatic heterocycles. The molecule has 20 heavy (non-hydrogen) atoms. The molecule has 0 N–H and O–H groups in total. The van der Waals surface area contributed by atoms with Gasteiger partial charge in [-0.1, -0.05) is 24.3 Å². The zero-order valence-corrected chi connectivity index (χ0v) is 11.5. The molecular weight excluding hydrogens is 276 g/mol. The number of hydrogen-bond donors (Lipinski definition) is 0. The minimum atomic E-state index is 0.0911. The van der Waals surface area contributed by atoms with Crippen molar-refractivity contribution >= 4 is 22.5 Å². The van der Waals surface area contributed by atoms with Crippen molar-refractivity contribution in [1.29, 1.82) is 0 Å². The van der Waals surface area contributed by atoms with E-state index in [4.69, 9.17) is 16.3 Å². The molecule has 3 rings (SSSR count). The average molecular weight is 287 g/mol. The van der Waals surface area contributed by atoms with Crippen molar-refractivity contribution in [2.75, 3.05) is 6.61 Å². The number of fused-ring (bicyclic) bond motifs is 1. The molecule has 2 heterocycles. The third-order valence-corrected chi connectivity index (χ3v) is 2.86. The van der Waals surface area contributed by atoms with E-state index in [1.54, 1.807) is 0 Å². The summed E-state index contributed by atoms with van der Waals surface area (Å²) in [6, 6.07) is 11.9. The molecule has 0 saturated heterocycles. The van der Waals surface area contributed by atoms with E-state index in [2.05, 4.69) is 19.9 Å². The lowest BCUT2D eigenvalue weighted by Gasteiger charge is -2.05. The number of para-hydroxylation sites is 1. The first-order valence-electron chi connectivity index (χ1n) is 6.17. The van der Waals surface area contributed by atoms with Crippen molar-refractivity contribution < 1.29 is 4.74 Å². The summed E-state index contributed by atoms with van der Waals surface area (Å²) in [5.41, 5.74) is 1.51. The van der Waals surface area contributed by atoms with E-state index in [1.807, 2.05) is 43.3 Å². The van der Waals surface area contributed by atoms with E-state index in [9.17, 15) is 0 Å². The quantitative estimate of drug-likeness (QED) is 0.740. The van der Waals surface area contributed by atoms with Gasteiger partial charge in [-0.05, 0) is 30.7 Å². The van der Waals surface area contributed by atoms with Crippen molar-refractivity contribution in [3.05, 3.63) is 41.7 Å². The Bertz CT molecular complexity index is 763. The molecule has 6 heteroatoms. The van der Waals surface area contributed by atoms with Crippen LogP contribution in [0.25, 0.3) is 22.4 Å². The van der Waals surface area contributed by atoms with Crippen molar-refractivity contribution in [1.82, 2.24) is 19.9 Å². The summed E-state index contributed by atoms with van der Waals surface area (Å²) in [7, 11) is 0. The van der Waals surface area contributed by atoms with Crippen LogP contribution in [0, 0.1) is 0 Å². The fourth-order valence-electron chi connectivity index (χ4n) is 1.83. The van der Waals surface area contributed by atoms with Gasteiger partial charge in [-0.25, -0.2) is 4.98 Å². The second-order valence-corrected chi connectivity index (χ2v) is 4.37. The van der Waals surface area contributed by atoms with Crippen LogP contribution in [0.2, 0.25) is 5.28 Å². The molecule has 1 aromatic carbocycles. The summed E-state index contributed by atoms with van der Waals surface area (Å²) in [5, 5.41) is 1.15. The molecular formula is C14H11ClN4O. The van der Waals surface area contributed by atoms with Crippen LogP contribution in [0.5, 0.6) is 6.01 Å². The maximum atomic E-state index is 5.88. The second-order valence-electron chi connectivity index (χ2n) is 4.03. The Morgan fingerprint density at radius 2 is 1.85 bits per heavy atom. The molecule has 0 aliphatic carbocycles. The lowest BCUT2D eigenvalue weighted by molar-refractivity contribution is 0.312. The first kappa shape index (κ1) is 12.7. The van der Waals surface area contributed by atoms with Crippen molar-refractivity contribution in [3.63, 3.8) is 0 Å². The van der Waals surface area contributed by atoms with Crippen LogP contribution in [-0.4, -0.2) is 26.5 Å². The first-order valence-corrected chi connectivity index (χ1v) is 6.54. The number of pyridine rings is 1. The van der Waals surface area contributed by atoms with Gasteiger partial charge in [0.1, 0.15) is 5.69 Å². The normalized spacial score (nSPS) is 10.7. The van der Waals surface area contributed by atoms with Crippen LogP contribution < -0.4 is 4.74 Å². The molecule has 0 bridgehead atoms. The van der Waals surface area contributed by atoms with Gasteiger partial charge < -0.3 is 4.74 Å². The van der Waals surface area contributed by atoms with Crippen LogP contribution in [0.4, 0.5) is 0 Å². The zero-order valence-electron chi connectivity index (χ0n) is 10.7. The van der Waals surface area contributed by atoms with Crippen LogP contribution >= 0.6 is 11.6 Å². The molecule has 0 radical (unpaired) electrons. The number of benzene rings is 1. The predicted molar refractivity (Wildman–Crippen MR) is 76.7 cm³/mol. The highest BCUT2D eigenvalue weighted by molar-refractivity contribution is 6.28. The Morgan fingerprint density at radius 1 is 1.00 bits per heavy atom. The van der Waals surface area contributed by atoms with Gasteiger partial charge in [-0.15, -0.1) is 0 Å². The SMILES string of the molecule is CCOc1nc(Cl)nc(-c2ccc3ccccc3n2)n1. The highest BCUT2D eigenvalue weighted by Gasteiger charge is 2.09. The topological polar surface area (TPSA) is 60.8 Å². The second kappa shape index (κ2) is 5.38. The van der Waals surface area contributed by atoms with E-state index in [0.29, 0.717) is 18.1 Å². The van der Waals surface area contributed by atoms with Gasteiger partial charge in [0.25, 0.3) is 0 Å². The highest BCUT2D eigenvalue weighted by atomic mass is 35.5. The van der Waals surface area contributed by atoms with E-state index >= 15 is 0 Å². The number of aromatic nitrogens is 4. The third-order valence-electron chi connectivity index (χ3n) is 2.69. The summed E-state index contributed by atoms with van der Waals surface area (Å²) in [6.45, 7) is 2.32. The van der Waals surface area contributed by atoms with Gasteiger partial charge in [0.05, 0.1) is 12.1 Å². The number of rotatable bonds is 3. The molecule has 5 nitrogen and oxygen atoms in total. The molecule has 0 spiro atoms. The van der Waals surface area contributed by atoms with E-state index < -0.39 is 0 Å². The van der Waals surface area contributed by atoms with Gasteiger partial charge >= 0.3 is 6.01 Å². The Kier molecular flexibility index (Phi) is 3.43. The fraction of sp³-hybridized carbons (Fsp3) is 0.143. The van der Waals surface area contributed by atoms with E-state index in [-0.39, 0.29) is 11.3 Å². The maximum Gasteiger partial charge on any atom is 0.321 e. The van der Waals surface area contributed by atoms with Crippen LogP contribution in [0.3, 0.4) is 0 Å². The van der Waals surface area contributed by atoms with Crippen LogP contribution in [0.1, 0.15) is 6.92 Å². The van der Waals surface area contributed by atoms with Crippen LogP contribution in [0.15, 0.2) is 36.4 Å². The Hall–Kier alpha value is -2.27. The largest absolute Gasteiger partial charge is 0.464 e. The summed E-state index contributed by atoms with van der Waals surface area (Å²) in [4.78, 5) is 16.7. The lowest BCUT2D eigenvalue weighted by atomic mass is 10.2. The van der Waals surface area contributed by atoms with Gasteiger partial charge in [0, 0.05) is 5.39 Å². The van der Waals surface area contributed by atoms with Crippen molar-refractivity contribution in [2.45, 2.75) is 6.92 Å². The smallest absolute Gasteiger partial charge is 0.321 e. The number of halogens is 1. The Morgan fingerprint density at radius 3 is 2.70 bits per heavy atom. The lowest BCUT2D eigenvalue weighted by Crippen LogP contribution is -2.02. The minimum Gasteiger partial charge on any atom is -0.464 e. The molecule has 0 fully saturated rings. The summed E-state index contributed by atoms with van der Waals surface area (Å²) in [6.07, 6.45) is 0. The molecule has 3 aromatic rings. The van der Waals surface area contributed by atoms with E-state index in [1.165, 1.54) is 0 Å². The van der Waals surface area contributed by atoms with Crippen molar-refractivity contribution in [3.8, 4) is 17.5 Å². The summed E-state index contributed by atoms with van der Waals surface area (Å²) >= 11 is 5.88. The monoisotopic (exact) mass is 286 g/mol. The van der Waals surface area contributed by atoms with Crippen LogP contribution in [-0.2, 0) is 0 Å². The first-order chi connectivity index (χ1) is 9.76. The van der Waals surface area contributed by atoms with Gasteiger partial charge in [0.15, 0.2) is 5.82 Å². The molecule has 100 valence electrons. The molecule has 0 atom stereocenters. The maximum absolute atomic E-state index is 5.88. The number of hydrogen-bond acceptors (Lipinski definition) is 5. The summed E-state index contributed by atoms with van der Waals surface area (Å²) in [5.74, 6) is 0.402. The zero-order chi connectivity index (χ0) is 13.9. The number of ether oxygens (including phenoxy) is 1. The summed E-state index contributed by atoms with van der Waals surface area (Å²) < 4.78 is 5.26. The van der Waals surface area contributed by atoms with Crippen molar-refractivity contribution in [2.24, 2.45) is 0 Å². The third kappa shape index (κ3) is 2.53. The molecule has 2 aromatic heterocycles. The molecule has 0 unspecified atom stereocenters. The predicted octanol–water partition coefficient (Wildman–Crippen LogP) is 3.14. The Balaban J connectivity index is 2.10. The minimum absolute atomic E-state index is 0.0911. The standard InChI is InChI=1S/C14H11ClN4O/c1-2-20-14-18-12(17-13(15)19-14)11-8-7-9-5-3-4-6-10(9)16-11/h3-8H,2H2,1H3. The van der Waals surface area contributed by atoms with E-state index in [0.717, 1.165) is 10.9 Å². The number of nitrogens with zero attached hydrogens (tertiary/aromatic N) is 4. The van der Waals surface area contributed by atoms with Gasteiger partial charge in [0.2, 0.25) is 5.28 Å². The molecule has 0 aliphatic rings.